The Labute approximate surface area is 605 Å². The lowest BCUT2D eigenvalue weighted by Crippen LogP contribution is -2.40. The number of amides is 2. The van der Waals surface area contributed by atoms with Gasteiger partial charge in [-0.2, -0.15) is 36.3 Å². The molecule has 6 aromatic carbocycles. The third-order valence-corrected chi connectivity index (χ3v) is 16.2. The van der Waals surface area contributed by atoms with Crippen molar-refractivity contribution in [3.63, 3.8) is 0 Å². The molecule has 96 heavy (non-hydrogen) atoms. The van der Waals surface area contributed by atoms with E-state index in [9.17, 15) is 60.5 Å². The predicted molar refractivity (Wildman–Crippen MR) is 362 cm³/mol. The lowest BCUT2D eigenvalue weighted by molar-refractivity contribution is -0.138. The molecule has 0 bridgehead atoms. The minimum Gasteiger partial charge on any atom is -0.336 e. The van der Waals surface area contributed by atoms with Crippen molar-refractivity contribution >= 4 is 35.3 Å². The number of benzene rings is 6. The molecule has 10 rings (SSSR count). The fraction of sp³-hybridized carbons (Fsp3) is 0.378. The molecule has 0 saturated carbocycles. The fourth-order valence-corrected chi connectivity index (χ4v) is 11.1. The molecule has 0 N–H and O–H groups in total. The summed E-state index contributed by atoms with van der Waals surface area (Å²) in [6, 6.07) is 8.95. The molecule has 2 heterocycles. The maximum Gasteiger partial charge on any atom is 0.416 e. The molecule has 8 aromatic rings. The van der Waals surface area contributed by atoms with Crippen molar-refractivity contribution in [1.29, 1.82) is 0 Å². The highest BCUT2D eigenvalue weighted by molar-refractivity contribution is 7.98. The van der Waals surface area contributed by atoms with Gasteiger partial charge in [0.15, 0.2) is 10.3 Å². The van der Waals surface area contributed by atoms with Crippen LogP contribution >= 0.6 is 23.5 Å². The van der Waals surface area contributed by atoms with Gasteiger partial charge in [-0.25, -0.2) is 8.78 Å². The lowest BCUT2D eigenvalue weighted by Gasteiger charge is -2.28. The standard InChI is InChI=1S/2C37H40F4N4O2S/c1-4-43(5-2)18-19-44(22-26-6-10-28(11-7-26)29-12-14-30(15-13-29)37(39,40)41)34(46)23-45-33-21-25(3)20-32(33)35(47)42-36(45)48-24-27-8-16-31(38)17-9-27;1-4-43(5-2)19-20-44(22-26-9-13-28(14-10-26)29-15-18-32(25(3)21-29)37(39,40)41)34(46)23-45-33-8-6-7-31(33)35(47)42-36(45)48-24-27-11-16-30(38)17-12-27/h6-17,25H,4-5,18-24H2,1-3H3;9-18,21H,4-8,19-20,22-24H2,1-3H3/i4D2,5D2,20D2,21D2,22D2,23D2,25D;4D2,5D2,9D,10D,13D,14D,15D,18D,21D,22D2,23D2,24D2. The van der Waals surface area contributed by atoms with Crippen molar-refractivity contribution in [3.05, 3.63) is 233 Å². The van der Waals surface area contributed by atoms with Gasteiger partial charge in [-0.05, 0) is 163 Å². The Morgan fingerprint density at radius 3 is 1.61 bits per heavy atom. The van der Waals surface area contributed by atoms with Gasteiger partial charge >= 0.3 is 12.4 Å². The largest absolute Gasteiger partial charge is 0.416 e. The SMILES string of the molecule is [2H]C([2H])(C)N(CCN(C(=O)C([2H])([2H])n1c(SCc2ccc(F)cc2)nc(=O)c2c1C([2H])([2H])C([2H])(C)C2([2H])[2H])C([2H])([2H])c1ccc(-c2ccc(C(F)(F)F)cc2)cc1)C([2H])([2H])C.[2H]c1c([2H])c(C([2H])([2H])N(CCN(C([2H])([2H])C)C([2H])([2H])C)C(=O)C([2H])([2H])n2c(SC([2H])([2H])c3ccc(F)cc3)nc(=O)c3c2CCC3)c([2H])c([2H])c1-c1c([2H])c([2H])c(C(F)(F)F)c(C)c1[2H]. The van der Waals surface area contributed by atoms with Gasteiger partial charge in [-0.15, -0.1) is 0 Å². The minimum absolute atomic E-state index is 0.0352. The Balaban J connectivity index is 0.000000286. The van der Waals surface area contributed by atoms with Crippen LogP contribution in [0.2, 0.25) is 0 Å². The number of rotatable bonds is 26. The molecular formula is C74H80F8N8O4S2. The quantitative estimate of drug-likeness (QED) is 0.0295. The number of hydrogen-bond acceptors (Lipinski definition) is 10. The van der Waals surface area contributed by atoms with Gasteiger partial charge in [0.25, 0.3) is 11.1 Å². The normalized spacial score (nSPS) is 21.3. The summed E-state index contributed by atoms with van der Waals surface area (Å²) in [5.41, 5.74) is -13.4. The molecule has 2 amide bonds. The number of likely N-dealkylation sites (N-methyl/N-ethyl adjacent to an activating group) is 2. The zero-order valence-electron chi connectivity index (χ0n) is 81.9. The van der Waals surface area contributed by atoms with Gasteiger partial charge in [0, 0.05) is 93.7 Å². The van der Waals surface area contributed by atoms with E-state index in [2.05, 4.69) is 9.97 Å². The molecule has 1 unspecified atom stereocenters. The summed E-state index contributed by atoms with van der Waals surface area (Å²) in [6.07, 6.45) is -16.0. The van der Waals surface area contributed by atoms with Crippen molar-refractivity contribution in [3.8, 4) is 22.3 Å². The van der Waals surface area contributed by atoms with Crippen LogP contribution in [0.15, 0.2) is 159 Å². The summed E-state index contributed by atoms with van der Waals surface area (Å²) >= 11 is 0.725. The summed E-state index contributed by atoms with van der Waals surface area (Å²) in [5.74, 6) is -8.05. The van der Waals surface area contributed by atoms with Crippen molar-refractivity contribution in [2.24, 2.45) is 5.89 Å². The number of halogens is 8. The number of carbonyl (C=O) groups excluding carboxylic acids is 2. The molecule has 1 atom stereocenters. The number of carbonyl (C=O) groups is 2. The summed E-state index contributed by atoms with van der Waals surface area (Å²) in [5, 5.41) is -1.44. The molecule has 0 radical (unpaired) electrons. The highest BCUT2D eigenvalue weighted by Crippen LogP contribution is 2.36. The van der Waals surface area contributed by atoms with E-state index in [1.54, 1.807) is 0 Å². The summed E-state index contributed by atoms with van der Waals surface area (Å²) in [4.78, 5) is 66.1. The molecule has 0 saturated heterocycles. The van der Waals surface area contributed by atoms with Crippen molar-refractivity contribution < 1.29 is 85.8 Å². The number of fused-ring (bicyclic) bond motifs is 2. The van der Waals surface area contributed by atoms with Crippen LogP contribution < -0.4 is 11.1 Å². The third kappa shape index (κ3) is 19.0. The molecule has 12 nitrogen and oxygen atoms in total. The summed E-state index contributed by atoms with van der Waals surface area (Å²) < 4.78 is 373. The maximum atomic E-state index is 15.0. The predicted octanol–water partition coefficient (Wildman–Crippen LogP) is 15.0. The molecule has 0 aliphatic heterocycles. The zero-order valence-corrected chi connectivity index (χ0v) is 53.6. The summed E-state index contributed by atoms with van der Waals surface area (Å²) in [7, 11) is 0. The van der Waals surface area contributed by atoms with E-state index >= 15 is 4.79 Å². The van der Waals surface area contributed by atoms with Crippen LogP contribution in [0.4, 0.5) is 35.1 Å². The fourth-order valence-electron chi connectivity index (χ4n) is 9.47. The van der Waals surface area contributed by atoms with Crippen molar-refractivity contribution in [2.45, 2.75) is 134 Å². The number of aromatic nitrogens is 4. The van der Waals surface area contributed by atoms with E-state index in [1.807, 2.05) is 0 Å². The highest BCUT2D eigenvalue weighted by atomic mass is 32.2. The van der Waals surface area contributed by atoms with Gasteiger partial charge in [0.05, 0.1) is 31.7 Å². The zero-order chi connectivity index (χ0) is 95.6. The van der Waals surface area contributed by atoms with E-state index in [4.69, 9.17) is 30.2 Å². The van der Waals surface area contributed by atoms with Crippen molar-refractivity contribution in [1.82, 2.24) is 38.7 Å². The number of alkyl halides is 6. The number of hydrogen-bond donors (Lipinski definition) is 0. The van der Waals surface area contributed by atoms with Crippen LogP contribution in [0.25, 0.3) is 22.3 Å². The average molecular weight is 1390 g/mol. The van der Waals surface area contributed by atoms with E-state index < -0.39 is 247 Å². The van der Waals surface area contributed by atoms with Gasteiger partial charge in [-0.3, -0.25) is 19.2 Å². The maximum absolute atomic E-state index is 15.0. The number of thioether (sulfide) groups is 2. The molecule has 2 aliphatic carbocycles. The van der Waals surface area contributed by atoms with E-state index in [-0.39, 0.29) is 64.1 Å². The second kappa shape index (κ2) is 32.9. The highest BCUT2D eigenvalue weighted by Gasteiger charge is 2.34. The molecule has 2 aromatic heterocycles. The molecule has 22 heteroatoms. The monoisotopic (exact) mass is 1390 g/mol. The summed E-state index contributed by atoms with van der Waals surface area (Å²) in [6.45, 7) is -22.4. The minimum atomic E-state index is -5.22. The van der Waals surface area contributed by atoms with E-state index in [0.717, 1.165) is 90.1 Å². The Kier molecular flexibility index (Phi) is 14.4. The van der Waals surface area contributed by atoms with Crippen LogP contribution in [0.1, 0.15) is 144 Å². The Morgan fingerprint density at radius 1 is 0.583 bits per heavy atom. The van der Waals surface area contributed by atoms with Crippen LogP contribution in [-0.4, -0.2) is 103 Å². The van der Waals surface area contributed by atoms with Gasteiger partial charge in [-0.1, -0.05) is 155 Å². The average Bonchev–Trinajstić information content (AvgIpc) is 1.51. The lowest BCUT2D eigenvalue weighted by atomic mass is 9.98. The molecule has 2 aliphatic rings. The van der Waals surface area contributed by atoms with Gasteiger partial charge < -0.3 is 28.7 Å². The first-order valence-corrected chi connectivity index (χ1v) is 30.9. The molecule has 508 valence electrons. The molecule has 0 spiro atoms. The van der Waals surface area contributed by atoms with Crippen LogP contribution in [-0.2, 0) is 85.0 Å². The second-order valence-corrected chi connectivity index (χ2v) is 22.5. The van der Waals surface area contributed by atoms with Crippen LogP contribution in [0.5, 0.6) is 0 Å². The Bertz CT molecular complexity index is 5550. The first-order valence-electron chi connectivity index (χ1n) is 44.1. The van der Waals surface area contributed by atoms with Crippen molar-refractivity contribution in [2.75, 3.05) is 52.2 Å². The number of nitrogens with zero attached hydrogens (tertiary/aromatic N) is 8. The van der Waals surface area contributed by atoms with Crippen LogP contribution in [0, 0.1) is 24.5 Å². The smallest absolute Gasteiger partial charge is 0.336 e. The van der Waals surface area contributed by atoms with Gasteiger partial charge in [0.2, 0.25) is 11.8 Å². The second-order valence-electron chi connectivity index (χ2n) is 20.8. The molecule has 0 fully saturated rings. The Hall–Kier alpha value is -7.92. The third-order valence-electron chi connectivity index (χ3n) is 14.4. The first-order chi connectivity index (χ1) is 57.2. The first kappa shape index (κ1) is 42.0. The van der Waals surface area contributed by atoms with E-state index in [1.165, 1.54) is 48.5 Å². The van der Waals surface area contributed by atoms with E-state index in [0.29, 0.717) is 52.3 Å². The topological polar surface area (TPSA) is 117 Å². The molecular weight excluding hydrogens is 1280 g/mol. The Morgan fingerprint density at radius 2 is 1.07 bits per heavy atom. The van der Waals surface area contributed by atoms with Crippen LogP contribution in [0.3, 0.4) is 0 Å². The van der Waals surface area contributed by atoms with Gasteiger partial charge in [0.1, 0.15) is 24.6 Å².